The van der Waals surface area contributed by atoms with Gasteiger partial charge in [-0.2, -0.15) is 0 Å². The predicted molar refractivity (Wildman–Crippen MR) is 174 cm³/mol. The Morgan fingerprint density at radius 2 is 1.05 bits per heavy atom. The van der Waals surface area contributed by atoms with Gasteiger partial charge in [0.2, 0.25) is 0 Å². The fourth-order valence-electron chi connectivity index (χ4n) is 5.83. The summed E-state index contributed by atoms with van der Waals surface area (Å²) in [5.41, 5.74) is 2.53. The molecule has 0 aliphatic rings. The molecule has 3 heteroatoms. The van der Waals surface area contributed by atoms with Crippen LogP contribution in [0.5, 0.6) is 0 Å². The molecule has 0 bridgehead atoms. The van der Waals surface area contributed by atoms with Gasteiger partial charge in [-0.1, -0.05) is 0 Å². The molecule has 0 aromatic heterocycles. The van der Waals surface area contributed by atoms with Crippen LogP contribution in [0, 0.1) is 5.92 Å². The molecule has 40 heavy (non-hydrogen) atoms. The van der Waals surface area contributed by atoms with Crippen LogP contribution in [0.4, 0.5) is 0 Å². The standard InChI is InChI=1S/C25H25O2.3C4H9.Sn/c1-3-24(26)20(2)19-27-25(21-13-7-4-8-14-21,22-15-9-5-10-16-22)23-17-11-6-12-18-23;3*1-3-4-2;/h1,3-18,20,24,26H,19H2,2H3;3*1,3-4H2,2H3;/t20-,24-;;;;/m0..../s1. The SMILES string of the molecule is CCC[CH2][Sn](/[CH]=C/[C@H](O)[C@@H](C)COC(c1ccccc1)(c1ccccc1)c1ccccc1)([CH2]CCC)[CH2]CCC. The Kier molecular flexibility index (Phi) is 14.0. The first-order valence-electron chi connectivity index (χ1n) is 15.7. The van der Waals surface area contributed by atoms with E-state index >= 15 is 0 Å². The molecule has 0 saturated carbocycles. The molecule has 3 aromatic carbocycles. The number of aliphatic hydroxyl groups excluding tert-OH is 1. The first-order chi connectivity index (χ1) is 19.5. The topological polar surface area (TPSA) is 29.5 Å². The fraction of sp³-hybridized carbons (Fsp3) is 0.459. The number of hydrogen-bond acceptors (Lipinski definition) is 2. The van der Waals surface area contributed by atoms with E-state index in [9.17, 15) is 5.11 Å². The zero-order valence-corrected chi connectivity index (χ0v) is 28.3. The van der Waals surface area contributed by atoms with E-state index in [1.54, 1.807) is 0 Å². The van der Waals surface area contributed by atoms with E-state index in [0.29, 0.717) is 6.61 Å². The average molecular weight is 648 g/mol. The quantitative estimate of drug-likeness (QED) is 0.110. The molecule has 0 unspecified atom stereocenters. The number of benzene rings is 3. The van der Waals surface area contributed by atoms with Crippen molar-refractivity contribution in [3.63, 3.8) is 0 Å². The summed E-state index contributed by atoms with van der Waals surface area (Å²) in [6.07, 6.45) is 9.44. The van der Waals surface area contributed by atoms with E-state index in [0.717, 1.165) is 16.7 Å². The third kappa shape index (κ3) is 8.81. The molecule has 3 aromatic rings. The fourth-order valence-corrected chi connectivity index (χ4v) is 20.2. The van der Waals surface area contributed by atoms with Gasteiger partial charge in [-0.3, -0.25) is 0 Å². The minimum absolute atomic E-state index is 0.0284. The van der Waals surface area contributed by atoms with E-state index in [1.807, 2.05) is 0 Å². The summed E-state index contributed by atoms with van der Waals surface area (Å²) in [5, 5.41) is 11.4. The molecule has 1 N–H and O–H groups in total. The second kappa shape index (κ2) is 17.2. The zero-order chi connectivity index (χ0) is 28.7. The number of aliphatic hydroxyl groups is 1. The van der Waals surface area contributed by atoms with Crippen LogP contribution in [-0.4, -0.2) is 36.2 Å². The molecule has 3 rings (SSSR count). The van der Waals surface area contributed by atoms with E-state index in [-0.39, 0.29) is 5.92 Å². The van der Waals surface area contributed by atoms with Gasteiger partial charge in [0.05, 0.1) is 0 Å². The van der Waals surface area contributed by atoms with Crippen molar-refractivity contribution in [2.45, 2.75) is 91.2 Å². The molecule has 0 spiro atoms. The minimum atomic E-state index is -2.46. The van der Waals surface area contributed by atoms with E-state index in [1.165, 1.54) is 51.8 Å². The third-order valence-corrected chi connectivity index (χ3v) is 22.5. The Bertz CT molecular complexity index is 978. The van der Waals surface area contributed by atoms with Gasteiger partial charge in [0, 0.05) is 0 Å². The second-order valence-electron chi connectivity index (χ2n) is 11.6. The van der Waals surface area contributed by atoms with Gasteiger partial charge in [-0.25, -0.2) is 0 Å². The van der Waals surface area contributed by atoms with Crippen molar-refractivity contribution in [2.24, 2.45) is 5.92 Å². The van der Waals surface area contributed by atoms with Crippen LogP contribution in [0.3, 0.4) is 0 Å². The van der Waals surface area contributed by atoms with Gasteiger partial charge in [-0.05, 0) is 0 Å². The molecule has 0 aliphatic carbocycles. The van der Waals surface area contributed by atoms with Gasteiger partial charge in [-0.15, -0.1) is 0 Å². The number of rotatable bonds is 18. The van der Waals surface area contributed by atoms with Crippen molar-refractivity contribution in [2.75, 3.05) is 6.61 Å². The Balaban J connectivity index is 1.90. The van der Waals surface area contributed by atoms with Crippen LogP contribution >= 0.6 is 0 Å². The summed E-state index contributed by atoms with van der Waals surface area (Å²) >= 11 is -2.46. The Labute approximate surface area is 248 Å². The van der Waals surface area contributed by atoms with Crippen molar-refractivity contribution in [1.82, 2.24) is 0 Å². The average Bonchev–Trinajstić information content (AvgIpc) is 3.02. The zero-order valence-electron chi connectivity index (χ0n) is 25.4. The first kappa shape index (κ1) is 32.6. The molecule has 0 radical (unpaired) electrons. The molecule has 0 saturated heterocycles. The van der Waals surface area contributed by atoms with Crippen molar-refractivity contribution in [3.05, 3.63) is 118 Å². The molecule has 2 nitrogen and oxygen atoms in total. The normalized spacial score (nSPS) is 13.9. The molecule has 2 atom stereocenters. The summed E-state index contributed by atoms with van der Waals surface area (Å²) in [6.45, 7) is 9.51. The molecule has 0 fully saturated rings. The summed E-state index contributed by atoms with van der Waals surface area (Å²) in [6, 6.07) is 31.5. The van der Waals surface area contributed by atoms with Crippen LogP contribution in [0.25, 0.3) is 0 Å². The van der Waals surface area contributed by atoms with Gasteiger partial charge in [0.25, 0.3) is 0 Å². The monoisotopic (exact) mass is 648 g/mol. The van der Waals surface area contributed by atoms with Crippen molar-refractivity contribution < 1.29 is 9.84 Å². The van der Waals surface area contributed by atoms with Crippen LogP contribution in [-0.2, 0) is 10.3 Å². The van der Waals surface area contributed by atoms with Crippen LogP contribution in [0.1, 0.15) is 82.9 Å². The Morgan fingerprint density at radius 3 is 1.40 bits per heavy atom. The second-order valence-corrected chi connectivity index (χ2v) is 24.6. The van der Waals surface area contributed by atoms with Crippen LogP contribution in [0.15, 0.2) is 101 Å². The van der Waals surface area contributed by atoms with Gasteiger partial charge >= 0.3 is 250 Å². The van der Waals surface area contributed by atoms with E-state index in [4.69, 9.17) is 4.74 Å². The predicted octanol–water partition coefficient (Wildman–Crippen LogP) is 9.94. The van der Waals surface area contributed by atoms with Crippen LogP contribution in [0.2, 0.25) is 13.3 Å². The molecule has 0 heterocycles. The summed E-state index contributed by atoms with van der Waals surface area (Å²) in [7, 11) is 0. The number of ether oxygens (including phenoxy) is 1. The van der Waals surface area contributed by atoms with Crippen molar-refractivity contribution >= 4 is 18.4 Å². The maximum absolute atomic E-state index is 11.4. The Morgan fingerprint density at radius 1 is 0.675 bits per heavy atom. The van der Waals surface area contributed by atoms with E-state index in [2.05, 4.69) is 129 Å². The number of unbranched alkanes of at least 4 members (excludes halogenated alkanes) is 3. The third-order valence-electron chi connectivity index (χ3n) is 8.42. The molecular formula is C37H52O2Sn. The molecular weight excluding hydrogens is 595 g/mol. The summed E-state index contributed by atoms with van der Waals surface area (Å²) < 4.78 is 13.9. The maximum atomic E-state index is 11.4. The number of hydrogen-bond donors (Lipinski definition) is 1. The van der Waals surface area contributed by atoms with E-state index < -0.39 is 30.1 Å². The van der Waals surface area contributed by atoms with Gasteiger partial charge in [0.1, 0.15) is 0 Å². The molecule has 216 valence electrons. The van der Waals surface area contributed by atoms with Crippen LogP contribution < -0.4 is 0 Å². The Hall–Kier alpha value is -1.88. The van der Waals surface area contributed by atoms with Crippen molar-refractivity contribution in [1.29, 1.82) is 0 Å². The molecule has 0 aliphatic heterocycles. The first-order valence-corrected chi connectivity index (χ1v) is 23.4. The van der Waals surface area contributed by atoms with Crippen molar-refractivity contribution in [3.8, 4) is 0 Å². The summed E-state index contributed by atoms with van der Waals surface area (Å²) in [5.74, 6) is -0.0284. The van der Waals surface area contributed by atoms with Gasteiger partial charge in [0.15, 0.2) is 0 Å². The van der Waals surface area contributed by atoms with Gasteiger partial charge < -0.3 is 0 Å². The summed E-state index contributed by atoms with van der Waals surface area (Å²) in [4.78, 5) is 0. The molecule has 0 amide bonds.